The van der Waals surface area contributed by atoms with Crippen molar-refractivity contribution in [1.29, 1.82) is 0 Å². The molecule has 1 aromatic heterocycles. The van der Waals surface area contributed by atoms with Gasteiger partial charge in [-0.25, -0.2) is 4.68 Å². The molecule has 0 aliphatic rings. The van der Waals surface area contributed by atoms with Crippen molar-refractivity contribution in [2.24, 2.45) is 5.92 Å². The molecule has 0 aliphatic heterocycles. The quantitative estimate of drug-likeness (QED) is 0.372. The molecule has 0 saturated carbocycles. The third kappa shape index (κ3) is 7.13. The maximum Gasteiger partial charge on any atom is 0.416 e. The van der Waals surface area contributed by atoms with Crippen LogP contribution in [-0.2, 0) is 16.4 Å². The summed E-state index contributed by atoms with van der Waals surface area (Å²) in [6.07, 6.45) is -4.50. The molecule has 198 valence electrons. The lowest BCUT2D eigenvalue weighted by molar-refractivity contribution is -0.137. The molecule has 2 amide bonds. The van der Waals surface area contributed by atoms with Gasteiger partial charge in [-0.1, -0.05) is 58.4 Å². The minimum Gasteiger partial charge on any atom is -0.329 e. The fourth-order valence-corrected chi connectivity index (χ4v) is 3.86. The molecule has 0 unspecified atom stereocenters. The zero-order chi connectivity index (χ0) is 27.5. The number of hydrogen-bond donors (Lipinski definition) is 1. The van der Waals surface area contributed by atoms with Gasteiger partial charge in [0.15, 0.2) is 0 Å². The van der Waals surface area contributed by atoms with Gasteiger partial charge in [0.2, 0.25) is 5.91 Å². The minimum absolute atomic E-state index is 0.0207. The Morgan fingerprint density at radius 1 is 1.05 bits per heavy atom. The summed E-state index contributed by atoms with van der Waals surface area (Å²) in [6.45, 7) is 9.68. The Kier molecular flexibility index (Phi) is 8.37. The molecule has 0 fully saturated rings. The molecule has 0 spiro atoms. The predicted molar refractivity (Wildman–Crippen MR) is 138 cm³/mol. The molecule has 1 N–H and O–H groups in total. The SMILES string of the molecule is CC(C)CN(CC(=O)Nc1cc(C(C)(C)C)nn1-c1ccccc1Cl)C(=O)c1ccc(C(F)(F)F)cc1. The van der Waals surface area contributed by atoms with Crippen LogP contribution >= 0.6 is 11.6 Å². The van der Waals surface area contributed by atoms with Gasteiger partial charge >= 0.3 is 6.18 Å². The molecule has 0 radical (unpaired) electrons. The molecule has 0 atom stereocenters. The van der Waals surface area contributed by atoms with Crippen LogP contribution < -0.4 is 5.32 Å². The number of alkyl halides is 3. The highest BCUT2D eigenvalue weighted by molar-refractivity contribution is 6.32. The van der Waals surface area contributed by atoms with Crippen molar-refractivity contribution in [3.63, 3.8) is 0 Å². The van der Waals surface area contributed by atoms with Crippen molar-refractivity contribution in [3.8, 4) is 5.69 Å². The highest BCUT2D eigenvalue weighted by atomic mass is 35.5. The number of anilines is 1. The molecule has 2 aromatic carbocycles. The number of halogens is 4. The van der Waals surface area contributed by atoms with Crippen LogP contribution in [0.15, 0.2) is 54.6 Å². The van der Waals surface area contributed by atoms with E-state index in [-0.39, 0.29) is 30.0 Å². The third-order valence-corrected chi connectivity index (χ3v) is 5.81. The Morgan fingerprint density at radius 3 is 2.22 bits per heavy atom. The average Bonchev–Trinajstić information content (AvgIpc) is 3.21. The third-order valence-electron chi connectivity index (χ3n) is 5.49. The largest absolute Gasteiger partial charge is 0.416 e. The Bertz CT molecular complexity index is 1260. The number of para-hydroxylation sites is 1. The number of rotatable bonds is 7. The molecule has 0 bridgehead atoms. The first-order valence-electron chi connectivity index (χ1n) is 11.8. The van der Waals surface area contributed by atoms with E-state index < -0.39 is 23.6 Å². The van der Waals surface area contributed by atoms with E-state index in [4.69, 9.17) is 11.6 Å². The van der Waals surface area contributed by atoms with Gasteiger partial charge in [-0.3, -0.25) is 9.59 Å². The number of carbonyl (C=O) groups excluding carboxylic acids is 2. The van der Waals surface area contributed by atoms with Crippen molar-refractivity contribution in [1.82, 2.24) is 14.7 Å². The lowest BCUT2D eigenvalue weighted by Gasteiger charge is -2.24. The fourth-order valence-electron chi connectivity index (χ4n) is 3.64. The number of hydrogen-bond acceptors (Lipinski definition) is 3. The van der Waals surface area contributed by atoms with E-state index in [9.17, 15) is 22.8 Å². The Hall–Kier alpha value is -3.33. The van der Waals surface area contributed by atoms with Crippen molar-refractivity contribution in [2.75, 3.05) is 18.4 Å². The molecule has 3 aromatic rings. The standard InChI is InChI=1S/C27H30ClF3N4O2/c1-17(2)15-34(25(37)18-10-12-19(13-11-18)27(29,30)31)16-24(36)32-23-14-22(26(3,4)5)33-35(23)21-9-7-6-8-20(21)28/h6-14,17H,15-16H2,1-5H3,(H,32,36). The summed E-state index contributed by atoms with van der Waals surface area (Å²) in [7, 11) is 0. The van der Waals surface area contributed by atoms with Gasteiger partial charge in [0.1, 0.15) is 12.4 Å². The molecule has 0 aliphatic carbocycles. The summed E-state index contributed by atoms with van der Waals surface area (Å²) in [5.74, 6) is -0.607. The first-order valence-corrected chi connectivity index (χ1v) is 12.2. The van der Waals surface area contributed by atoms with Crippen LogP contribution in [0.2, 0.25) is 5.02 Å². The zero-order valence-electron chi connectivity index (χ0n) is 21.4. The van der Waals surface area contributed by atoms with Crippen LogP contribution in [0.4, 0.5) is 19.0 Å². The normalized spacial score (nSPS) is 12.1. The van der Waals surface area contributed by atoms with Crippen LogP contribution in [0, 0.1) is 5.92 Å². The topological polar surface area (TPSA) is 67.2 Å². The van der Waals surface area contributed by atoms with Crippen LogP contribution in [0.25, 0.3) is 5.69 Å². The first kappa shape index (κ1) is 28.2. The number of nitrogens with zero attached hydrogens (tertiary/aromatic N) is 3. The highest BCUT2D eigenvalue weighted by Crippen LogP contribution is 2.30. The summed E-state index contributed by atoms with van der Waals surface area (Å²) in [6, 6.07) is 12.8. The second-order valence-corrected chi connectivity index (χ2v) is 10.6. The second-order valence-electron chi connectivity index (χ2n) is 10.2. The Morgan fingerprint density at radius 2 is 1.68 bits per heavy atom. The van der Waals surface area contributed by atoms with Crippen molar-refractivity contribution in [3.05, 3.63) is 76.4 Å². The Labute approximate surface area is 219 Å². The molecule has 1 heterocycles. The lowest BCUT2D eigenvalue weighted by Crippen LogP contribution is -2.40. The number of benzene rings is 2. The van der Waals surface area contributed by atoms with Crippen LogP contribution in [0.5, 0.6) is 0 Å². The van der Waals surface area contributed by atoms with Crippen molar-refractivity contribution in [2.45, 2.75) is 46.2 Å². The van der Waals surface area contributed by atoms with E-state index in [1.807, 2.05) is 34.6 Å². The van der Waals surface area contributed by atoms with Crippen molar-refractivity contribution < 1.29 is 22.8 Å². The lowest BCUT2D eigenvalue weighted by atomic mass is 9.92. The van der Waals surface area contributed by atoms with Gasteiger partial charge in [-0.2, -0.15) is 18.3 Å². The molecule has 6 nitrogen and oxygen atoms in total. The molecule has 10 heteroatoms. The van der Waals surface area contributed by atoms with E-state index in [1.54, 1.807) is 35.0 Å². The number of carbonyl (C=O) groups is 2. The molecule has 37 heavy (non-hydrogen) atoms. The van der Waals surface area contributed by atoms with Gasteiger partial charge in [0.25, 0.3) is 5.91 Å². The van der Waals surface area contributed by atoms with Crippen LogP contribution in [0.1, 0.15) is 56.2 Å². The number of amides is 2. The van der Waals surface area contributed by atoms with Gasteiger partial charge < -0.3 is 10.2 Å². The van der Waals surface area contributed by atoms with E-state index in [0.29, 0.717) is 16.5 Å². The fraction of sp³-hybridized carbons (Fsp3) is 0.370. The van der Waals surface area contributed by atoms with Crippen LogP contribution in [-0.4, -0.2) is 39.6 Å². The maximum atomic E-state index is 13.1. The van der Waals surface area contributed by atoms with Gasteiger partial charge in [-0.05, 0) is 42.3 Å². The summed E-state index contributed by atoms with van der Waals surface area (Å²) in [4.78, 5) is 27.6. The number of aromatic nitrogens is 2. The monoisotopic (exact) mass is 534 g/mol. The van der Waals surface area contributed by atoms with Gasteiger partial charge in [0, 0.05) is 23.6 Å². The molecular weight excluding hydrogens is 505 g/mol. The van der Waals surface area contributed by atoms with E-state index in [1.165, 1.54) is 4.90 Å². The van der Waals surface area contributed by atoms with Crippen molar-refractivity contribution >= 4 is 29.2 Å². The van der Waals surface area contributed by atoms with Gasteiger partial charge in [0.05, 0.1) is 22.0 Å². The first-order chi connectivity index (χ1) is 17.2. The highest BCUT2D eigenvalue weighted by Gasteiger charge is 2.31. The van der Waals surface area contributed by atoms with E-state index in [0.717, 1.165) is 30.0 Å². The molecule has 3 rings (SSSR count). The summed E-state index contributed by atoms with van der Waals surface area (Å²) < 4.78 is 40.3. The average molecular weight is 535 g/mol. The zero-order valence-corrected chi connectivity index (χ0v) is 22.1. The van der Waals surface area contributed by atoms with Crippen LogP contribution in [0.3, 0.4) is 0 Å². The second kappa shape index (κ2) is 11.0. The van der Waals surface area contributed by atoms with E-state index >= 15 is 0 Å². The van der Waals surface area contributed by atoms with E-state index in [2.05, 4.69) is 10.4 Å². The summed E-state index contributed by atoms with van der Waals surface area (Å²) in [5, 5.41) is 7.92. The number of nitrogens with one attached hydrogen (secondary N) is 1. The minimum atomic E-state index is -4.50. The summed E-state index contributed by atoms with van der Waals surface area (Å²) in [5.41, 5.74) is 0.212. The molecule has 0 saturated heterocycles. The van der Waals surface area contributed by atoms with Gasteiger partial charge in [-0.15, -0.1) is 0 Å². The maximum absolute atomic E-state index is 13.1. The molecular formula is C27H30ClF3N4O2. The summed E-state index contributed by atoms with van der Waals surface area (Å²) >= 11 is 6.38. The predicted octanol–water partition coefficient (Wildman–Crippen LogP) is 6.58. The Balaban J connectivity index is 1.87. The smallest absolute Gasteiger partial charge is 0.329 e.